The van der Waals surface area contributed by atoms with Gasteiger partial charge >= 0.3 is 5.97 Å². The molecule has 2 heterocycles. The van der Waals surface area contributed by atoms with Crippen molar-refractivity contribution in [3.63, 3.8) is 0 Å². The summed E-state index contributed by atoms with van der Waals surface area (Å²) in [5, 5.41) is 16.3. The highest BCUT2D eigenvalue weighted by Crippen LogP contribution is 2.39. The van der Waals surface area contributed by atoms with Gasteiger partial charge in [-0.1, -0.05) is 18.2 Å². The molecule has 0 saturated carbocycles. The largest absolute Gasteiger partial charge is 0.497 e. The number of carbonyl (C=O) groups is 2. The van der Waals surface area contributed by atoms with Gasteiger partial charge in [0.15, 0.2) is 0 Å². The molecule has 0 aliphatic carbocycles. The van der Waals surface area contributed by atoms with E-state index < -0.39 is 6.04 Å². The van der Waals surface area contributed by atoms with Gasteiger partial charge in [0.2, 0.25) is 0 Å². The number of nitrogens with zero attached hydrogens (tertiary/aromatic N) is 1. The number of nitrogens with one attached hydrogen (secondary N) is 2. The minimum Gasteiger partial charge on any atom is -0.497 e. The number of anilines is 1. The van der Waals surface area contributed by atoms with Crippen molar-refractivity contribution in [1.29, 1.82) is 5.26 Å². The SMILES string of the molecule is COc1ccc(CCCCOC(=O)C2NCCc3c2sc(NC(=O)c2cccc(OC)c2)c3C#N)cc1. The van der Waals surface area contributed by atoms with Crippen molar-refractivity contribution in [3.8, 4) is 17.6 Å². The number of methoxy groups -OCH3 is 2. The van der Waals surface area contributed by atoms with Gasteiger partial charge in [0.25, 0.3) is 5.91 Å². The predicted molar refractivity (Wildman–Crippen MR) is 141 cm³/mol. The molecule has 192 valence electrons. The summed E-state index contributed by atoms with van der Waals surface area (Å²) < 4.78 is 15.9. The highest BCUT2D eigenvalue weighted by atomic mass is 32.1. The number of esters is 1. The molecule has 3 aromatic rings. The van der Waals surface area contributed by atoms with Crippen molar-refractivity contribution in [1.82, 2.24) is 5.32 Å². The number of thiophene rings is 1. The molecule has 0 bridgehead atoms. The van der Waals surface area contributed by atoms with Crippen molar-refractivity contribution in [2.45, 2.75) is 31.7 Å². The minimum absolute atomic E-state index is 0.318. The average Bonchev–Trinajstić information content (AvgIpc) is 3.29. The summed E-state index contributed by atoms with van der Waals surface area (Å²) >= 11 is 1.24. The second kappa shape index (κ2) is 12.4. The van der Waals surface area contributed by atoms with Gasteiger partial charge in [-0.2, -0.15) is 5.26 Å². The standard InChI is InChI=1S/C28H29N3O5S/c1-34-20-11-9-18(10-12-20)6-3-4-15-36-28(33)24-25-22(13-14-30-24)23(17-29)27(37-25)31-26(32)19-7-5-8-21(16-19)35-2/h5,7-12,16,24,30H,3-4,6,13-15H2,1-2H3,(H,31,32). The van der Waals surface area contributed by atoms with E-state index in [0.717, 1.165) is 30.6 Å². The molecular weight excluding hydrogens is 490 g/mol. The molecule has 4 rings (SSSR count). The van der Waals surface area contributed by atoms with Crippen molar-refractivity contribution >= 4 is 28.2 Å². The van der Waals surface area contributed by atoms with Crippen molar-refractivity contribution in [2.24, 2.45) is 0 Å². The van der Waals surface area contributed by atoms with E-state index in [1.54, 1.807) is 31.4 Å². The maximum absolute atomic E-state index is 12.9. The maximum Gasteiger partial charge on any atom is 0.328 e. The van der Waals surface area contributed by atoms with E-state index in [2.05, 4.69) is 16.7 Å². The summed E-state index contributed by atoms with van der Waals surface area (Å²) in [5.41, 5.74) is 2.80. The first-order valence-electron chi connectivity index (χ1n) is 12.1. The Kier molecular flexibility index (Phi) is 8.77. The van der Waals surface area contributed by atoms with E-state index in [1.807, 2.05) is 24.3 Å². The van der Waals surface area contributed by atoms with Gasteiger partial charge in [0.1, 0.15) is 28.6 Å². The molecule has 0 fully saturated rings. The molecule has 0 saturated heterocycles. The highest BCUT2D eigenvalue weighted by molar-refractivity contribution is 7.17. The Labute approximate surface area is 220 Å². The van der Waals surface area contributed by atoms with E-state index in [0.29, 0.717) is 46.3 Å². The topological polar surface area (TPSA) is 110 Å². The number of benzene rings is 2. The third-order valence-electron chi connectivity index (χ3n) is 6.19. The zero-order valence-corrected chi connectivity index (χ0v) is 21.7. The van der Waals surface area contributed by atoms with Crippen LogP contribution in [0.25, 0.3) is 0 Å². The molecule has 37 heavy (non-hydrogen) atoms. The normalized spacial score (nSPS) is 14.2. The molecular formula is C28H29N3O5S. The Balaban J connectivity index is 1.36. The zero-order chi connectivity index (χ0) is 26.2. The van der Waals surface area contributed by atoms with Crippen LogP contribution >= 0.6 is 11.3 Å². The number of amides is 1. The predicted octanol–water partition coefficient (Wildman–Crippen LogP) is 4.64. The lowest BCUT2D eigenvalue weighted by Gasteiger charge is -2.22. The van der Waals surface area contributed by atoms with Crippen LogP contribution in [0.2, 0.25) is 0 Å². The van der Waals surface area contributed by atoms with E-state index >= 15 is 0 Å². The number of aryl methyl sites for hydroxylation is 1. The lowest BCUT2D eigenvalue weighted by atomic mass is 10.00. The molecule has 1 aromatic heterocycles. The molecule has 8 nitrogen and oxygen atoms in total. The van der Waals surface area contributed by atoms with Gasteiger partial charge in [-0.05, 0) is 67.1 Å². The fraction of sp³-hybridized carbons (Fsp3) is 0.321. The Morgan fingerprint density at radius 3 is 2.62 bits per heavy atom. The molecule has 0 radical (unpaired) electrons. The smallest absolute Gasteiger partial charge is 0.328 e. The molecule has 1 atom stereocenters. The number of ether oxygens (including phenoxy) is 3. The summed E-state index contributed by atoms with van der Waals surface area (Å²) in [5.74, 6) is 0.669. The van der Waals surface area contributed by atoms with Crippen molar-refractivity contribution in [2.75, 3.05) is 32.7 Å². The van der Waals surface area contributed by atoms with Crippen LogP contribution in [0, 0.1) is 11.3 Å². The average molecular weight is 520 g/mol. The molecule has 0 spiro atoms. The van der Waals surface area contributed by atoms with Crippen molar-refractivity contribution < 1.29 is 23.8 Å². The first kappa shape index (κ1) is 26.2. The van der Waals surface area contributed by atoms with Crippen LogP contribution < -0.4 is 20.1 Å². The molecule has 1 amide bonds. The van der Waals surface area contributed by atoms with E-state index in [1.165, 1.54) is 24.0 Å². The summed E-state index contributed by atoms with van der Waals surface area (Å²) in [6, 6.07) is 16.3. The van der Waals surface area contributed by atoms with Crippen LogP contribution in [0.15, 0.2) is 48.5 Å². The summed E-state index contributed by atoms with van der Waals surface area (Å²) in [6.45, 7) is 0.858. The fourth-order valence-electron chi connectivity index (χ4n) is 4.21. The third-order valence-corrected chi connectivity index (χ3v) is 7.41. The zero-order valence-electron chi connectivity index (χ0n) is 20.8. The quantitative estimate of drug-likeness (QED) is 0.297. The highest BCUT2D eigenvalue weighted by Gasteiger charge is 2.33. The summed E-state index contributed by atoms with van der Waals surface area (Å²) in [4.78, 5) is 26.5. The maximum atomic E-state index is 12.9. The summed E-state index contributed by atoms with van der Waals surface area (Å²) in [7, 11) is 3.18. The Hall–Kier alpha value is -3.87. The van der Waals surface area contributed by atoms with Crippen LogP contribution in [0.4, 0.5) is 5.00 Å². The molecule has 1 aliphatic heterocycles. The van der Waals surface area contributed by atoms with Crippen molar-refractivity contribution in [3.05, 3.63) is 75.7 Å². The third kappa shape index (κ3) is 6.28. The van der Waals surface area contributed by atoms with Gasteiger partial charge in [0, 0.05) is 17.0 Å². The van der Waals surface area contributed by atoms with E-state index in [4.69, 9.17) is 14.2 Å². The van der Waals surface area contributed by atoms with E-state index in [9.17, 15) is 14.9 Å². The van der Waals surface area contributed by atoms with Gasteiger partial charge in [-0.25, -0.2) is 4.79 Å². The number of carbonyl (C=O) groups excluding carboxylic acids is 2. The van der Waals surface area contributed by atoms with Crippen LogP contribution in [0.1, 0.15) is 50.8 Å². The second-order valence-electron chi connectivity index (χ2n) is 8.56. The minimum atomic E-state index is -0.662. The van der Waals surface area contributed by atoms with E-state index in [-0.39, 0.29) is 11.9 Å². The monoisotopic (exact) mass is 519 g/mol. The molecule has 2 aromatic carbocycles. The number of hydrogen-bond acceptors (Lipinski definition) is 8. The number of unbranched alkanes of at least 4 members (excludes halogenated alkanes) is 1. The van der Waals surface area contributed by atoms with Gasteiger partial charge in [-0.15, -0.1) is 11.3 Å². The lowest BCUT2D eigenvalue weighted by Crippen LogP contribution is -2.35. The first-order chi connectivity index (χ1) is 18.0. The van der Waals surface area contributed by atoms with Crippen LogP contribution in [0.5, 0.6) is 11.5 Å². The summed E-state index contributed by atoms with van der Waals surface area (Å²) in [6.07, 6.45) is 3.11. The number of rotatable bonds is 10. The van der Waals surface area contributed by atoms with Gasteiger partial charge < -0.3 is 19.5 Å². The van der Waals surface area contributed by atoms with Crippen LogP contribution in [0.3, 0.4) is 0 Å². The lowest BCUT2D eigenvalue weighted by molar-refractivity contribution is -0.146. The van der Waals surface area contributed by atoms with Crippen LogP contribution in [-0.2, 0) is 22.4 Å². The Bertz CT molecular complexity index is 1300. The molecule has 9 heteroatoms. The second-order valence-corrected chi connectivity index (χ2v) is 9.61. The molecule has 1 unspecified atom stereocenters. The van der Waals surface area contributed by atoms with Gasteiger partial charge in [0.05, 0.1) is 26.4 Å². The Morgan fingerprint density at radius 2 is 1.89 bits per heavy atom. The van der Waals surface area contributed by atoms with Gasteiger partial charge in [-0.3, -0.25) is 10.1 Å². The van der Waals surface area contributed by atoms with Crippen LogP contribution in [-0.4, -0.2) is 39.2 Å². The molecule has 1 aliphatic rings. The fourth-order valence-corrected chi connectivity index (χ4v) is 5.47. The Morgan fingerprint density at radius 1 is 1.11 bits per heavy atom. The molecule has 2 N–H and O–H groups in total. The number of fused-ring (bicyclic) bond motifs is 1. The number of hydrogen-bond donors (Lipinski definition) is 2. The number of nitriles is 1. The first-order valence-corrected chi connectivity index (χ1v) is 12.9.